The fraction of sp³-hybridized carbons (Fsp3) is 0.500. The maximum absolute atomic E-state index is 6.03. The lowest BCUT2D eigenvalue weighted by molar-refractivity contribution is 0.214. The molecule has 0 amide bonds. The number of rotatable bonds is 2. The van der Waals surface area contributed by atoms with E-state index in [1.165, 1.54) is 0 Å². The SMILES string of the molecule is CC1(C)CC(Oc2ccccc2Cl)CN1. The average Bonchev–Trinajstić information content (AvgIpc) is 2.50. The third kappa shape index (κ3) is 2.64. The second-order valence-electron chi connectivity index (χ2n) is 4.64. The number of hydrogen-bond donors (Lipinski definition) is 1. The van der Waals surface area contributed by atoms with Crippen molar-refractivity contribution in [2.24, 2.45) is 0 Å². The van der Waals surface area contributed by atoms with E-state index in [-0.39, 0.29) is 11.6 Å². The molecule has 1 atom stereocenters. The summed E-state index contributed by atoms with van der Waals surface area (Å²) in [7, 11) is 0. The maximum Gasteiger partial charge on any atom is 0.138 e. The fourth-order valence-corrected chi connectivity index (χ4v) is 2.09. The predicted molar refractivity (Wildman–Crippen MR) is 62.6 cm³/mol. The smallest absolute Gasteiger partial charge is 0.138 e. The molecule has 1 saturated heterocycles. The highest BCUT2D eigenvalue weighted by molar-refractivity contribution is 6.32. The van der Waals surface area contributed by atoms with Crippen LogP contribution in [0.2, 0.25) is 5.02 Å². The minimum atomic E-state index is 0.173. The Balaban J connectivity index is 2.02. The maximum atomic E-state index is 6.03. The van der Waals surface area contributed by atoms with Crippen LogP contribution in [0.25, 0.3) is 0 Å². The highest BCUT2D eigenvalue weighted by Crippen LogP contribution is 2.28. The largest absolute Gasteiger partial charge is 0.487 e. The Morgan fingerprint density at radius 2 is 2.13 bits per heavy atom. The molecule has 0 aliphatic carbocycles. The van der Waals surface area contributed by atoms with Gasteiger partial charge in [-0.1, -0.05) is 23.7 Å². The molecule has 0 aromatic heterocycles. The Morgan fingerprint density at radius 3 is 2.73 bits per heavy atom. The van der Waals surface area contributed by atoms with E-state index in [1.807, 2.05) is 24.3 Å². The Kier molecular flexibility index (Phi) is 2.89. The molecular weight excluding hydrogens is 210 g/mol. The molecule has 1 aromatic rings. The van der Waals surface area contributed by atoms with E-state index in [0.717, 1.165) is 18.7 Å². The third-order valence-electron chi connectivity index (χ3n) is 2.68. The van der Waals surface area contributed by atoms with Gasteiger partial charge in [0.25, 0.3) is 0 Å². The second-order valence-corrected chi connectivity index (χ2v) is 5.05. The van der Waals surface area contributed by atoms with Crippen LogP contribution in [0.1, 0.15) is 20.3 Å². The van der Waals surface area contributed by atoms with Crippen LogP contribution in [-0.4, -0.2) is 18.2 Å². The topological polar surface area (TPSA) is 21.3 Å². The minimum absolute atomic E-state index is 0.173. The van der Waals surface area contributed by atoms with E-state index in [4.69, 9.17) is 16.3 Å². The van der Waals surface area contributed by atoms with Gasteiger partial charge in [0.1, 0.15) is 11.9 Å². The van der Waals surface area contributed by atoms with Gasteiger partial charge in [0.05, 0.1) is 5.02 Å². The Morgan fingerprint density at radius 1 is 1.40 bits per heavy atom. The molecule has 1 N–H and O–H groups in total. The van der Waals surface area contributed by atoms with Gasteiger partial charge in [0.15, 0.2) is 0 Å². The van der Waals surface area contributed by atoms with Gasteiger partial charge in [-0.25, -0.2) is 0 Å². The first-order chi connectivity index (χ1) is 7.07. The quantitative estimate of drug-likeness (QED) is 0.836. The van der Waals surface area contributed by atoms with Gasteiger partial charge in [-0.15, -0.1) is 0 Å². The second kappa shape index (κ2) is 4.03. The van der Waals surface area contributed by atoms with Crippen LogP contribution in [0.3, 0.4) is 0 Å². The molecule has 1 aliphatic rings. The molecule has 1 heterocycles. The number of nitrogens with one attached hydrogen (secondary N) is 1. The van der Waals surface area contributed by atoms with Crippen LogP contribution >= 0.6 is 11.6 Å². The van der Waals surface area contributed by atoms with Crippen LogP contribution in [0.5, 0.6) is 5.75 Å². The van der Waals surface area contributed by atoms with Gasteiger partial charge in [0.2, 0.25) is 0 Å². The number of para-hydroxylation sites is 1. The van der Waals surface area contributed by atoms with Crippen molar-refractivity contribution in [1.29, 1.82) is 0 Å². The number of halogens is 1. The van der Waals surface area contributed by atoms with E-state index in [1.54, 1.807) is 0 Å². The summed E-state index contributed by atoms with van der Waals surface area (Å²) in [5.41, 5.74) is 0.173. The highest BCUT2D eigenvalue weighted by Gasteiger charge is 2.31. The van der Waals surface area contributed by atoms with Crippen molar-refractivity contribution in [2.75, 3.05) is 6.54 Å². The first-order valence-electron chi connectivity index (χ1n) is 5.23. The van der Waals surface area contributed by atoms with E-state index in [2.05, 4.69) is 19.2 Å². The Hall–Kier alpha value is -0.730. The zero-order valence-electron chi connectivity index (χ0n) is 9.09. The number of ether oxygens (including phenoxy) is 1. The molecule has 82 valence electrons. The van der Waals surface area contributed by atoms with Crippen molar-refractivity contribution >= 4 is 11.6 Å². The van der Waals surface area contributed by atoms with Crippen molar-refractivity contribution in [3.8, 4) is 5.75 Å². The summed E-state index contributed by atoms with van der Waals surface area (Å²) in [6.07, 6.45) is 1.23. The summed E-state index contributed by atoms with van der Waals surface area (Å²) >= 11 is 6.03. The number of benzene rings is 1. The van der Waals surface area contributed by atoms with E-state index < -0.39 is 0 Å². The van der Waals surface area contributed by atoms with Gasteiger partial charge >= 0.3 is 0 Å². The molecule has 0 radical (unpaired) electrons. The van der Waals surface area contributed by atoms with Crippen molar-refractivity contribution in [3.63, 3.8) is 0 Å². The van der Waals surface area contributed by atoms with Gasteiger partial charge in [-0.05, 0) is 26.0 Å². The van der Waals surface area contributed by atoms with Crippen molar-refractivity contribution in [3.05, 3.63) is 29.3 Å². The molecule has 1 unspecified atom stereocenters. The Labute approximate surface area is 95.6 Å². The van der Waals surface area contributed by atoms with Gasteiger partial charge in [-0.3, -0.25) is 0 Å². The molecule has 0 saturated carbocycles. The first-order valence-corrected chi connectivity index (χ1v) is 5.61. The molecule has 2 nitrogen and oxygen atoms in total. The monoisotopic (exact) mass is 225 g/mol. The van der Waals surface area contributed by atoms with Crippen LogP contribution in [-0.2, 0) is 0 Å². The molecule has 2 rings (SSSR count). The van der Waals surface area contributed by atoms with E-state index in [0.29, 0.717) is 5.02 Å². The zero-order chi connectivity index (χ0) is 10.9. The summed E-state index contributed by atoms with van der Waals surface area (Å²) in [4.78, 5) is 0. The highest BCUT2D eigenvalue weighted by atomic mass is 35.5. The van der Waals surface area contributed by atoms with Gasteiger partial charge in [-0.2, -0.15) is 0 Å². The van der Waals surface area contributed by atoms with Crippen molar-refractivity contribution in [2.45, 2.75) is 31.9 Å². The van der Waals surface area contributed by atoms with E-state index in [9.17, 15) is 0 Å². The van der Waals surface area contributed by atoms with E-state index >= 15 is 0 Å². The Bertz CT molecular complexity index is 351. The first kappa shape index (κ1) is 10.8. The van der Waals surface area contributed by atoms with Crippen LogP contribution in [0.15, 0.2) is 24.3 Å². The molecule has 1 fully saturated rings. The summed E-state index contributed by atoms with van der Waals surface area (Å²) in [6, 6.07) is 7.61. The minimum Gasteiger partial charge on any atom is -0.487 e. The summed E-state index contributed by atoms with van der Waals surface area (Å²) < 4.78 is 5.85. The third-order valence-corrected chi connectivity index (χ3v) is 2.99. The van der Waals surface area contributed by atoms with Crippen molar-refractivity contribution in [1.82, 2.24) is 5.32 Å². The molecule has 0 spiro atoms. The van der Waals surface area contributed by atoms with Crippen molar-refractivity contribution < 1.29 is 4.74 Å². The molecule has 1 aromatic carbocycles. The lowest BCUT2D eigenvalue weighted by atomic mass is 10.0. The summed E-state index contributed by atoms with van der Waals surface area (Å²) in [6.45, 7) is 5.25. The molecular formula is C12H16ClNO. The molecule has 3 heteroatoms. The summed E-state index contributed by atoms with van der Waals surface area (Å²) in [5.74, 6) is 0.781. The molecule has 0 bridgehead atoms. The lowest BCUT2D eigenvalue weighted by Crippen LogP contribution is -2.31. The van der Waals surface area contributed by atoms with Crippen LogP contribution < -0.4 is 10.1 Å². The molecule has 15 heavy (non-hydrogen) atoms. The van der Waals surface area contributed by atoms with Gasteiger partial charge in [0, 0.05) is 18.5 Å². The standard InChI is InChI=1S/C12H16ClNO/c1-12(2)7-9(8-14-12)15-11-6-4-3-5-10(11)13/h3-6,9,14H,7-8H2,1-2H3. The summed E-state index contributed by atoms with van der Waals surface area (Å²) in [5, 5.41) is 4.10. The fourth-order valence-electron chi connectivity index (χ4n) is 1.91. The normalized spacial score (nSPS) is 24.1. The zero-order valence-corrected chi connectivity index (χ0v) is 9.84. The number of hydrogen-bond acceptors (Lipinski definition) is 2. The molecule has 1 aliphatic heterocycles. The average molecular weight is 226 g/mol. The predicted octanol–water partition coefficient (Wildman–Crippen LogP) is 2.86. The van der Waals surface area contributed by atoms with Crippen LogP contribution in [0.4, 0.5) is 0 Å². The lowest BCUT2D eigenvalue weighted by Gasteiger charge is -2.17. The van der Waals surface area contributed by atoms with Crippen LogP contribution in [0, 0.1) is 0 Å². The van der Waals surface area contributed by atoms with Gasteiger partial charge < -0.3 is 10.1 Å².